The number of benzene rings is 3. The molecule has 2 nitrogen and oxygen atoms in total. The largest absolute Gasteiger partial charge is 0.489 e. The Morgan fingerprint density at radius 2 is 1.54 bits per heavy atom. The summed E-state index contributed by atoms with van der Waals surface area (Å²) < 4.78 is 5.81. The number of ether oxygens (including phenoxy) is 1. The van der Waals surface area contributed by atoms with Gasteiger partial charge in [-0.25, -0.2) is 0 Å². The quantitative estimate of drug-likeness (QED) is 0.506. The minimum atomic E-state index is 0.307. The summed E-state index contributed by atoms with van der Waals surface area (Å²) in [6, 6.07) is 24.4. The molecule has 0 unspecified atom stereocenters. The minimum absolute atomic E-state index is 0.307. The third-order valence-electron chi connectivity index (χ3n) is 4.22. The highest BCUT2D eigenvalue weighted by Gasteiger charge is 2.04. The summed E-state index contributed by atoms with van der Waals surface area (Å²) in [6.45, 7) is 3.44. The molecule has 0 aliphatic rings. The van der Waals surface area contributed by atoms with Crippen LogP contribution in [0.25, 0.3) is 0 Å². The van der Waals surface area contributed by atoms with Gasteiger partial charge in [-0.2, -0.15) is 0 Å². The Morgan fingerprint density at radius 3 is 2.23 bits per heavy atom. The molecular weight excluding hydrogens is 365 g/mol. The molecule has 1 N–H and O–H groups in total. The first-order valence-corrected chi connectivity index (χ1v) is 9.31. The van der Waals surface area contributed by atoms with E-state index in [1.165, 1.54) is 11.1 Å². The van der Waals surface area contributed by atoms with Crippen LogP contribution in [-0.4, -0.2) is 0 Å². The van der Waals surface area contributed by atoms with Crippen LogP contribution in [0.1, 0.15) is 29.7 Å². The minimum Gasteiger partial charge on any atom is -0.489 e. The summed E-state index contributed by atoms with van der Waals surface area (Å²) >= 11 is 12.0. The second-order valence-electron chi connectivity index (χ2n) is 6.19. The second-order valence-corrected chi connectivity index (χ2v) is 7.01. The van der Waals surface area contributed by atoms with Gasteiger partial charge < -0.3 is 10.1 Å². The fraction of sp³-hybridized carbons (Fsp3) is 0.182. The molecule has 0 bridgehead atoms. The first kappa shape index (κ1) is 18.8. The fourth-order valence-corrected chi connectivity index (χ4v) is 2.95. The van der Waals surface area contributed by atoms with Crippen molar-refractivity contribution >= 4 is 23.2 Å². The van der Waals surface area contributed by atoms with Crippen LogP contribution in [0.3, 0.4) is 0 Å². The third kappa shape index (κ3) is 5.25. The van der Waals surface area contributed by atoms with Crippen molar-refractivity contribution in [1.82, 2.24) is 5.32 Å². The van der Waals surface area contributed by atoms with E-state index >= 15 is 0 Å². The predicted molar refractivity (Wildman–Crippen MR) is 109 cm³/mol. The van der Waals surface area contributed by atoms with E-state index in [2.05, 4.69) is 48.6 Å². The van der Waals surface area contributed by atoms with E-state index in [1.807, 2.05) is 30.3 Å². The first-order valence-electron chi connectivity index (χ1n) is 8.56. The lowest BCUT2D eigenvalue weighted by atomic mass is 10.1. The molecule has 0 radical (unpaired) electrons. The van der Waals surface area contributed by atoms with Crippen LogP contribution in [0.4, 0.5) is 0 Å². The Kier molecular flexibility index (Phi) is 6.56. The number of rotatable bonds is 7. The second kappa shape index (κ2) is 9.09. The van der Waals surface area contributed by atoms with Gasteiger partial charge in [-0.15, -0.1) is 0 Å². The average molecular weight is 386 g/mol. The molecule has 134 valence electrons. The Morgan fingerprint density at radius 1 is 0.846 bits per heavy atom. The van der Waals surface area contributed by atoms with E-state index in [-0.39, 0.29) is 0 Å². The third-order valence-corrected chi connectivity index (χ3v) is 4.96. The molecule has 0 aromatic heterocycles. The number of hydrogen-bond donors (Lipinski definition) is 1. The molecule has 3 rings (SSSR count). The first-order chi connectivity index (χ1) is 12.6. The number of halogens is 2. The molecule has 0 spiro atoms. The van der Waals surface area contributed by atoms with Crippen LogP contribution < -0.4 is 10.1 Å². The molecule has 3 aromatic rings. The summed E-state index contributed by atoms with van der Waals surface area (Å²) in [5, 5.41) is 4.63. The zero-order valence-corrected chi connectivity index (χ0v) is 16.1. The van der Waals surface area contributed by atoms with E-state index < -0.39 is 0 Å². The SMILES string of the molecule is C[C@@H](NCc1ccc(OCc2ccc(Cl)c(Cl)c2)cc1)c1ccccc1. The summed E-state index contributed by atoms with van der Waals surface area (Å²) in [5.41, 5.74) is 3.49. The summed E-state index contributed by atoms with van der Waals surface area (Å²) in [6.07, 6.45) is 0. The van der Waals surface area contributed by atoms with Crippen LogP contribution in [0.15, 0.2) is 72.8 Å². The van der Waals surface area contributed by atoms with Gasteiger partial charge in [-0.3, -0.25) is 0 Å². The van der Waals surface area contributed by atoms with Crippen molar-refractivity contribution in [3.63, 3.8) is 0 Å². The summed E-state index contributed by atoms with van der Waals surface area (Å²) in [7, 11) is 0. The van der Waals surface area contributed by atoms with Crippen molar-refractivity contribution in [2.45, 2.75) is 26.1 Å². The maximum atomic E-state index is 6.03. The zero-order chi connectivity index (χ0) is 18.4. The Balaban J connectivity index is 1.51. The van der Waals surface area contributed by atoms with Crippen molar-refractivity contribution in [3.8, 4) is 5.75 Å². The van der Waals surface area contributed by atoms with Gasteiger partial charge in [-0.1, -0.05) is 71.7 Å². The molecule has 0 aliphatic heterocycles. The fourth-order valence-electron chi connectivity index (χ4n) is 2.63. The van der Waals surface area contributed by atoms with E-state index in [0.29, 0.717) is 22.7 Å². The summed E-state index contributed by atoms with van der Waals surface area (Å²) in [5.74, 6) is 0.830. The van der Waals surface area contributed by atoms with Gasteiger partial charge in [-0.05, 0) is 47.9 Å². The molecule has 0 amide bonds. The maximum Gasteiger partial charge on any atom is 0.119 e. The van der Waals surface area contributed by atoms with Gasteiger partial charge in [0, 0.05) is 12.6 Å². The Hall–Kier alpha value is -2.00. The number of hydrogen-bond acceptors (Lipinski definition) is 2. The molecule has 0 saturated carbocycles. The van der Waals surface area contributed by atoms with Crippen molar-refractivity contribution in [3.05, 3.63) is 99.5 Å². The highest BCUT2D eigenvalue weighted by molar-refractivity contribution is 6.42. The molecule has 0 saturated heterocycles. The lowest BCUT2D eigenvalue weighted by Crippen LogP contribution is -2.17. The smallest absolute Gasteiger partial charge is 0.119 e. The van der Waals surface area contributed by atoms with Gasteiger partial charge in [0.15, 0.2) is 0 Å². The van der Waals surface area contributed by atoms with Crippen LogP contribution in [-0.2, 0) is 13.2 Å². The molecule has 4 heteroatoms. The molecule has 0 fully saturated rings. The number of nitrogens with one attached hydrogen (secondary N) is 1. The average Bonchev–Trinajstić information content (AvgIpc) is 2.68. The maximum absolute atomic E-state index is 6.03. The molecule has 0 aliphatic carbocycles. The zero-order valence-electron chi connectivity index (χ0n) is 14.6. The van der Waals surface area contributed by atoms with Gasteiger partial charge >= 0.3 is 0 Å². The molecule has 26 heavy (non-hydrogen) atoms. The van der Waals surface area contributed by atoms with Gasteiger partial charge in [0.2, 0.25) is 0 Å². The molecule has 3 aromatic carbocycles. The van der Waals surface area contributed by atoms with Gasteiger partial charge in [0.25, 0.3) is 0 Å². The summed E-state index contributed by atoms with van der Waals surface area (Å²) in [4.78, 5) is 0. The van der Waals surface area contributed by atoms with Crippen LogP contribution >= 0.6 is 23.2 Å². The highest BCUT2D eigenvalue weighted by Crippen LogP contribution is 2.23. The van der Waals surface area contributed by atoms with Crippen LogP contribution in [0.5, 0.6) is 5.75 Å². The lowest BCUT2D eigenvalue weighted by molar-refractivity contribution is 0.306. The molecular formula is C22H21Cl2NO. The topological polar surface area (TPSA) is 21.3 Å². The van der Waals surface area contributed by atoms with E-state index in [1.54, 1.807) is 6.07 Å². The van der Waals surface area contributed by atoms with Crippen LogP contribution in [0, 0.1) is 0 Å². The molecule has 0 heterocycles. The van der Waals surface area contributed by atoms with E-state index in [9.17, 15) is 0 Å². The Bertz CT molecular complexity index is 835. The van der Waals surface area contributed by atoms with Gasteiger partial charge in [0.1, 0.15) is 12.4 Å². The standard InChI is InChI=1S/C22H21Cl2NO/c1-16(19-5-3-2-4-6-19)25-14-17-7-10-20(11-8-17)26-15-18-9-12-21(23)22(24)13-18/h2-13,16,25H,14-15H2,1H3/t16-/m1/s1. The molecule has 1 atom stereocenters. The predicted octanol–water partition coefficient (Wildman–Crippen LogP) is 6.42. The normalized spacial score (nSPS) is 12.0. The van der Waals surface area contributed by atoms with Crippen molar-refractivity contribution in [2.24, 2.45) is 0 Å². The van der Waals surface area contributed by atoms with E-state index in [0.717, 1.165) is 17.9 Å². The van der Waals surface area contributed by atoms with E-state index in [4.69, 9.17) is 27.9 Å². The van der Waals surface area contributed by atoms with Crippen molar-refractivity contribution < 1.29 is 4.74 Å². The van der Waals surface area contributed by atoms with Crippen LogP contribution in [0.2, 0.25) is 10.0 Å². The van der Waals surface area contributed by atoms with Crippen molar-refractivity contribution in [2.75, 3.05) is 0 Å². The monoisotopic (exact) mass is 385 g/mol. The Labute approximate surface area is 164 Å². The van der Waals surface area contributed by atoms with Crippen molar-refractivity contribution in [1.29, 1.82) is 0 Å². The highest BCUT2D eigenvalue weighted by atomic mass is 35.5. The lowest BCUT2D eigenvalue weighted by Gasteiger charge is -2.14. The van der Waals surface area contributed by atoms with Gasteiger partial charge in [0.05, 0.1) is 10.0 Å².